The van der Waals surface area contributed by atoms with Gasteiger partial charge >= 0.3 is 0 Å². The zero-order chi connectivity index (χ0) is 20.5. The molecule has 0 spiro atoms. The number of aryl methyl sites for hydroxylation is 2. The van der Waals surface area contributed by atoms with Gasteiger partial charge in [0.15, 0.2) is 5.82 Å². The fourth-order valence-corrected chi connectivity index (χ4v) is 4.41. The maximum absolute atomic E-state index is 13.4. The fraction of sp³-hybridized carbons (Fsp3) is 0.250. The molecule has 2 atom stereocenters. The third kappa shape index (κ3) is 3.95. The van der Waals surface area contributed by atoms with Crippen molar-refractivity contribution in [2.75, 3.05) is 10.7 Å². The number of hydrogen-bond acceptors (Lipinski definition) is 5. The Morgan fingerprint density at radius 3 is 2.72 bits per heavy atom. The Morgan fingerprint density at radius 1 is 1.28 bits per heavy atom. The molecule has 1 aromatic heterocycles. The minimum absolute atomic E-state index is 0.205. The minimum Gasteiger partial charge on any atom is -0.325 e. The number of benzene rings is 2. The van der Waals surface area contributed by atoms with E-state index in [4.69, 9.17) is 11.6 Å². The number of anilines is 1. The molecule has 1 aliphatic rings. The van der Waals surface area contributed by atoms with E-state index in [1.807, 2.05) is 26.0 Å². The van der Waals surface area contributed by atoms with E-state index in [0.717, 1.165) is 17.0 Å². The lowest BCUT2D eigenvalue weighted by atomic mass is 10.0. The van der Waals surface area contributed by atoms with Crippen molar-refractivity contribution < 1.29 is 9.18 Å². The molecule has 1 aliphatic heterocycles. The molecular weight excluding hydrogens is 413 g/mol. The van der Waals surface area contributed by atoms with Crippen LogP contribution in [0.15, 0.2) is 47.6 Å². The Morgan fingerprint density at radius 2 is 2.03 bits per heavy atom. The van der Waals surface area contributed by atoms with Crippen molar-refractivity contribution in [2.24, 2.45) is 0 Å². The Labute approximate surface area is 176 Å². The second kappa shape index (κ2) is 8.04. The van der Waals surface area contributed by atoms with Gasteiger partial charge in [0.05, 0.1) is 6.04 Å². The van der Waals surface area contributed by atoms with Gasteiger partial charge in [0.2, 0.25) is 11.1 Å². The Balaban J connectivity index is 1.66. The van der Waals surface area contributed by atoms with Crippen LogP contribution in [0.2, 0.25) is 5.02 Å². The SMILES string of the molecule is CCc1nnc2n1N[C@@H](c1ccc(F)cc1)[C@@H](C(=O)Nc1ccc(C)c(Cl)c1)S2. The number of hydrogen-bond donors (Lipinski definition) is 2. The van der Waals surface area contributed by atoms with Gasteiger partial charge in [-0.15, -0.1) is 10.2 Å². The van der Waals surface area contributed by atoms with Crippen LogP contribution in [0.1, 0.15) is 29.9 Å². The highest BCUT2D eigenvalue weighted by Crippen LogP contribution is 2.37. The van der Waals surface area contributed by atoms with Crippen molar-refractivity contribution in [3.63, 3.8) is 0 Å². The topological polar surface area (TPSA) is 71.8 Å². The highest BCUT2D eigenvalue weighted by Gasteiger charge is 2.37. The number of fused-ring (bicyclic) bond motifs is 1. The number of amides is 1. The molecular formula is C20H19ClFN5OS. The molecule has 2 aromatic carbocycles. The molecule has 0 radical (unpaired) electrons. The average Bonchev–Trinajstić information content (AvgIpc) is 3.12. The summed E-state index contributed by atoms with van der Waals surface area (Å²) in [6.45, 7) is 3.88. The van der Waals surface area contributed by atoms with E-state index in [1.54, 1.807) is 22.9 Å². The summed E-state index contributed by atoms with van der Waals surface area (Å²) in [6, 6.07) is 11.1. The molecule has 150 valence electrons. The van der Waals surface area contributed by atoms with E-state index >= 15 is 0 Å². The fourth-order valence-electron chi connectivity index (χ4n) is 3.13. The zero-order valence-corrected chi connectivity index (χ0v) is 17.4. The Kier molecular flexibility index (Phi) is 5.47. The van der Waals surface area contributed by atoms with E-state index in [1.165, 1.54) is 23.9 Å². The maximum atomic E-state index is 13.4. The molecule has 0 saturated heterocycles. The van der Waals surface area contributed by atoms with Crippen LogP contribution < -0.4 is 10.7 Å². The standard InChI is InChI=1S/C20H19ClFN5OS/c1-3-16-24-25-20-27(16)26-17(12-5-7-13(22)8-6-12)18(29-20)19(28)23-14-9-4-11(2)15(21)10-14/h4-10,17-18,26H,3H2,1-2H3,(H,23,28)/t17-,18-/m0/s1. The van der Waals surface area contributed by atoms with E-state index in [9.17, 15) is 9.18 Å². The van der Waals surface area contributed by atoms with Gasteiger partial charge in [-0.2, -0.15) is 0 Å². The Bertz CT molecular complexity index is 1060. The molecule has 6 nitrogen and oxygen atoms in total. The van der Waals surface area contributed by atoms with Crippen molar-refractivity contribution in [2.45, 2.75) is 36.7 Å². The van der Waals surface area contributed by atoms with Crippen molar-refractivity contribution >= 4 is 35.0 Å². The van der Waals surface area contributed by atoms with Crippen LogP contribution in [0, 0.1) is 12.7 Å². The molecule has 1 amide bonds. The first kappa shape index (κ1) is 19.7. The second-order valence-electron chi connectivity index (χ2n) is 6.74. The van der Waals surface area contributed by atoms with E-state index in [-0.39, 0.29) is 11.7 Å². The number of carbonyl (C=O) groups excluding carboxylic acids is 1. The molecule has 2 N–H and O–H groups in total. The van der Waals surface area contributed by atoms with Gasteiger partial charge in [0.25, 0.3) is 0 Å². The number of nitrogens with zero attached hydrogens (tertiary/aromatic N) is 3. The van der Waals surface area contributed by atoms with Crippen LogP contribution in [0.5, 0.6) is 0 Å². The van der Waals surface area contributed by atoms with E-state index < -0.39 is 11.3 Å². The molecule has 0 saturated carbocycles. The van der Waals surface area contributed by atoms with Crippen LogP contribution in [-0.4, -0.2) is 26.0 Å². The molecule has 0 unspecified atom stereocenters. The molecule has 0 aliphatic carbocycles. The number of rotatable bonds is 4. The predicted octanol–water partition coefficient (Wildman–Crippen LogP) is 4.34. The molecule has 0 bridgehead atoms. The summed E-state index contributed by atoms with van der Waals surface area (Å²) >= 11 is 7.51. The van der Waals surface area contributed by atoms with Crippen LogP contribution in [0.25, 0.3) is 0 Å². The summed E-state index contributed by atoms with van der Waals surface area (Å²) < 4.78 is 15.2. The third-order valence-electron chi connectivity index (χ3n) is 4.75. The molecule has 4 rings (SSSR count). The van der Waals surface area contributed by atoms with Crippen molar-refractivity contribution in [3.8, 4) is 0 Å². The van der Waals surface area contributed by atoms with Crippen LogP contribution >= 0.6 is 23.4 Å². The van der Waals surface area contributed by atoms with Gasteiger partial charge in [-0.3, -0.25) is 4.79 Å². The minimum atomic E-state index is -0.540. The van der Waals surface area contributed by atoms with Crippen molar-refractivity contribution in [3.05, 3.63) is 70.3 Å². The molecule has 29 heavy (non-hydrogen) atoms. The van der Waals surface area contributed by atoms with Crippen LogP contribution in [-0.2, 0) is 11.2 Å². The number of aromatic nitrogens is 3. The number of halogens is 2. The first-order chi connectivity index (χ1) is 14.0. The summed E-state index contributed by atoms with van der Waals surface area (Å²) in [4.78, 5) is 13.2. The highest BCUT2D eigenvalue weighted by molar-refractivity contribution is 8.00. The highest BCUT2D eigenvalue weighted by atomic mass is 35.5. The lowest BCUT2D eigenvalue weighted by Crippen LogP contribution is -2.41. The van der Waals surface area contributed by atoms with Crippen molar-refractivity contribution in [1.82, 2.24) is 14.9 Å². The van der Waals surface area contributed by atoms with Gasteiger partial charge in [-0.05, 0) is 42.3 Å². The number of nitrogens with one attached hydrogen (secondary N) is 2. The van der Waals surface area contributed by atoms with E-state index in [2.05, 4.69) is 20.9 Å². The van der Waals surface area contributed by atoms with Crippen LogP contribution in [0.4, 0.5) is 10.1 Å². The molecule has 0 fully saturated rings. The van der Waals surface area contributed by atoms with Gasteiger partial charge < -0.3 is 10.7 Å². The Hall–Kier alpha value is -2.58. The zero-order valence-electron chi connectivity index (χ0n) is 15.8. The first-order valence-electron chi connectivity index (χ1n) is 9.16. The molecule has 3 aromatic rings. The second-order valence-corrected chi connectivity index (χ2v) is 8.25. The summed E-state index contributed by atoms with van der Waals surface area (Å²) in [5.74, 6) is 0.236. The molecule has 9 heteroatoms. The monoisotopic (exact) mass is 431 g/mol. The first-order valence-corrected chi connectivity index (χ1v) is 10.4. The van der Waals surface area contributed by atoms with E-state index in [0.29, 0.717) is 22.3 Å². The summed E-state index contributed by atoms with van der Waals surface area (Å²) in [7, 11) is 0. The lowest BCUT2D eigenvalue weighted by molar-refractivity contribution is -0.116. The number of thioether (sulfide) groups is 1. The van der Waals surface area contributed by atoms with Gasteiger partial charge in [0, 0.05) is 17.1 Å². The van der Waals surface area contributed by atoms with Gasteiger partial charge in [-0.1, -0.05) is 48.5 Å². The van der Waals surface area contributed by atoms with Gasteiger partial charge in [0.1, 0.15) is 11.1 Å². The quantitative estimate of drug-likeness (QED) is 0.643. The largest absolute Gasteiger partial charge is 0.325 e. The maximum Gasteiger partial charge on any atom is 0.240 e. The van der Waals surface area contributed by atoms with Crippen LogP contribution in [0.3, 0.4) is 0 Å². The normalized spacial score (nSPS) is 18.1. The van der Waals surface area contributed by atoms with Crippen molar-refractivity contribution in [1.29, 1.82) is 0 Å². The smallest absolute Gasteiger partial charge is 0.240 e. The number of carbonyl (C=O) groups is 1. The van der Waals surface area contributed by atoms with Gasteiger partial charge in [-0.25, -0.2) is 9.07 Å². The summed E-state index contributed by atoms with van der Waals surface area (Å²) in [6.07, 6.45) is 0.690. The predicted molar refractivity (Wildman–Crippen MR) is 112 cm³/mol. The lowest BCUT2D eigenvalue weighted by Gasteiger charge is -2.33. The third-order valence-corrected chi connectivity index (χ3v) is 6.37. The summed E-state index contributed by atoms with van der Waals surface area (Å²) in [5, 5.41) is 11.9. The summed E-state index contributed by atoms with van der Waals surface area (Å²) in [5.41, 5.74) is 5.67. The molecule has 2 heterocycles. The average molecular weight is 432 g/mol.